The number of hydrogen-bond donors (Lipinski definition) is 0. The van der Waals surface area contributed by atoms with Crippen LogP contribution in [0.5, 0.6) is 0 Å². The summed E-state index contributed by atoms with van der Waals surface area (Å²) in [6.45, 7) is 15.1. The van der Waals surface area contributed by atoms with Gasteiger partial charge in [0.2, 0.25) is 0 Å². The highest BCUT2D eigenvalue weighted by atomic mass is 14.2. The summed E-state index contributed by atoms with van der Waals surface area (Å²) in [5.41, 5.74) is 6.99. The Hall–Kier alpha value is -1.56. The van der Waals surface area contributed by atoms with Crippen molar-refractivity contribution in [3.8, 4) is 11.1 Å². The lowest BCUT2D eigenvalue weighted by atomic mass is 9.86. The van der Waals surface area contributed by atoms with E-state index in [1.807, 2.05) is 13.8 Å². The van der Waals surface area contributed by atoms with Gasteiger partial charge in [-0.1, -0.05) is 77.1 Å². The van der Waals surface area contributed by atoms with E-state index in [0.29, 0.717) is 0 Å². The molecule has 0 spiro atoms. The van der Waals surface area contributed by atoms with Gasteiger partial charge in [0, 0.05) is 0 Å². The van der Waals surface area contributed by atoms with Crippen LogP contribution in [0, 0.1) is 13.8 Å². The van der Waals surface area contributed by atoms with E-state index in [4.69, 9.17) is 0 Å². The molecule has 0 bridgehead atoms. The van der Waals surface area contributed by atoms with Crippen molar-refractivity contribution < 1.29 is 0 Å². The monoisotopic (exact) mass is 268 g/mol. The summed E-state index contributed by atoms with van der Waals surface area (Å²) in [5.74, 6) is 0. The number of hydrogen-bond acceptors (Lipinski definition) is 0. The van der Waals surface area contributed by atoms with Gasteiger partial charge in [-0.15, -0.1) is 0 Å². The van der Waals surface area contributed by atoms with Gasteiger partial charge >= 0.3 is 0 Å². The molecule has 0 aromatic heterocycles. The maximum absolute atomic E-state index is 2.25. The highest BCUT2D eigenvalue weighted by Gasteiger charge is 2.13. The van der Waals surface area contributed by atoms with E-state index in [2.05, 4.69) is 77.1 Å². The minimum atomic E-state index is 0.222. The Labute approximate surface area is 124 Å². The minimum absolute atomic E-state index is 0.222. The van der Waals surface area contributed by atoms with E-state index >= 15 is 0 Å². The van der Waals surface area contributed by atoms with Gasteiger partial charge in [0.05, 0.1) is 0 Å². The van der Waals surface area contributed by atoms with Crippen molar-refractivity contribution in [3.05, 3.63) is 59.2 Å². The van der Waals surface area contributed by atoms with Crippen molar-refractivity contribution in [2.45, 2.75) is 53.9 Å². The summed E-state index contributed by atoms with van der Waals surface area (Å²) < 4.78 is 0. The van der Waals surface area contributed by atoms with Gasteiger partial charge in [0.25, 0.3) is 0 Å². The van der Waals surface area contributed by atoms with Gasteiger partial charge < -0.3 is 0 Å². The maximum Gasteiger partial charge on any atom is -0.0132 e. The first-order chi connectivity index (χ1) is 9.39. The molecule has 0 nitrogen and oxygen atoms in total. The smallest absolute Gasteiger partial charge is 0.0132 e. The van der Waals surface area contributed by atoms with Gasteiger partial charge in [-0.2, -0.15) is 0 Å². The quantitative estimate of drug-likeness (QED) is 0.569. The van der Waals surface area contributed by atoms with Crippen LogP contribution in [0.3, 0.4) is 0 Å². The molecule has 2 aromatic rings. The van der Waals surface area contributed by atoms with Gasteiger partial charge in [0.15, 0.2) is 0 Å². The summed E-state index contributed by atoms with van der Waals surface area (Å²) in [6, 6.07) is 15.5. The standard InChI is InChI=1S/C18H22.C2H6/c1-13-7-6-8-17(14(13)2)15-9-11-16(12-10-15)18(3,4)5;1-2/h6-12H,1-5H3;1-2H3. The van der Waals surface area contributed by atoms with Crippen LogP contribution >= 0.6 is 0 Å². The lowest BCUT2D eigenvalue weighted by Crippen LogP contribution is -2.10. The Morgan fingerprint density at radius 1 is 0.750 bits per heavy atom. The Morgan fingerprint density at radius 3 is 1.80 bits per heavy atom. The molecule has 0 saturated carbocycles. The zero-order chi connectivity index (χ0) is 15.3. The highest BCUT2D eigenvalue weighted by molar-refractivity contribution is 5.68. The first kappa shape index (κ1) is 16.5. The Bertz CT molecular complexity index is 539. The molecule has 0 radical (unpaired) electrons. The largest absolute Gasteiger partial charge is 0.0683 e. The topological polar surface area (TPSA) is 0 Å². The third-order valence-corrected chi connectivity index (χ3v) is 3.67. The molecule has 0 amide bonds. The second kappa shape index (κ2) is 6.74. The number of aryl methyl sites for hydroxylation is 1. The van der Waals surface area contributed by atoms with Crippen molar-refractivity contribution >= 4 is 0 Å². The number of benzene rings is 2. The van der Waals surface area contributed by atoms with Crippen molar-refractivity contribution in [2.75, 3.05) is 0 Å². The molecule has 0 aliphatic rings. The summed E-state index contributed by atoms with van der Waals surface area (Å²) in [5, 5.41) is 0. The average molecular weight is 268 g/mol. The summed E-state index contributed by atoms with van der Waals surface area (Å²) in [4.78, 5) is 0. The fraction of sp³-hybridized carbons (Fsp3) is 0.400. The molecule has 20 heavy (non-hydrogen) atoms. The molecular formula is C20H28. The molecule has 0 unspecified atom stereocenters. The van der Waals surface area contributed by atoms with E-state index in [0.717, 1.165) is 0 Å². The van der Waals surface area contributed by atoms with Crippen molar-refractivity contribution in [2.24, 2.45) is 0 Å². The zero-order valence-corrected chi connectivity index (χ0v) is 14.0. The Balaban J connectivity index is 0.000000956. The van der Waals surface area contributed by atoms with Crippen LogP contribution in [0.2, 0.25) is 0 Å². The first-order valence-electron chi connectivity index (χ1n) is 7.57. The molecule has 0 heteroatoms. The molecule has 0 N–H and O–H groups in total. The molecular weight excluding hydrogens is 240 g/mol. The van der Waals surface area contributed by atoms with Crippen LogP contribution < -0.4 is 0 Å². The van der Waals surface area contributed by atoms with Crippen molar-refractivity contribution in [1.82, 2.24) is 0 Å². The normalized spacial score (nSPS) is 10.8. The van der Waals surface area contributed by atoms with Gasteiger partial charge in [-0.3, -0.25) is 0 Å². The predicted octanol–water partition coefficient (Wildman–Crippen LogP) is 6.29. The van der Waals surface area contributed by atoms with E-state index in [9.17, 15) is 0 Å². The van der Waals surface area contributed by atoms with E-state index in [-0.39, 0.29) is 5.41 Å². The summed E-state index contributed by atoms with van der Waals surface area (Å²) in [6.07, 6.45) is 0. The predicted molar refractivity (Wildman–Crippen MR) is 91.4 cm³/mol. The molecule has 0 heterocycles. The average Bonchev–Trinajstić information content (AvgIpc) is 2.43. The second-order valence-electron chi connectivity index (χ2n) is 6.07. The minimum Gasteiger partial charge on any atom is -0.0683 e. The third-order valence-electron chi connectivity index (χ3n) is 3.67. The fourth-order valence-electron chi connectivity index (χ4n) is 2.21. The highest BCUT2D eigenvalue weighted by Crippen LogP contribution is 2.28. The van der Waals surface area contributed by atoms with Crippen LogP contribution in [0.4, 0.5) is 0 Å². The number of rotatable bonds is 1. The first-order valence-corrected chi connectivity index (χ1v) is 7.57. The Morgan fingerprint density at radius 2 is 1.30 bits per heavy atom. The van der Waals surface area contributed by atoms with Gasteiger partial charge in [0.1, 0.15) is 0 Å². The molecule has 0 aliphatic carbocycles. The van der Waals surface area contributed by atoms with E-state index in [1.165, 1.54) is 27.8 Å². The molecule has 0 aliphatic heterocycles. The lowest BCUT2D eigenvalue weighted by molar-refractivity contribution is 0.590. The van der Waals surface area contributed by atoms with Crippen molar-refractivity contribution in [3.63, 3.8) is 0 Å². The molecule has 108 valence electrons. The molecule has 0 atom stereocenters. The van der Waals surface area contributed by atoms with Crippen LogP contribution in [0.1, 0.15) is 51.3 Å². The van der Waals surface area contributed by atoms with Crippen LogP contribution in [0.25, 0.3) is 11.1 Å². The third kappa shape index (κ3) is 3.72. The fourth-order valence-corrected chi connectivity index (χ4v) is 2.21. The van der Waals surface area contributed by atoms with Crippen LogP contribution in [-0.4, -0.2) is 0 Å². The summed E-state index contributed by atoms with van der Waals surface area (Å²) >= 11 is 0. The lowest BCUT2D eigenvalue weighted by Gasteiger charge is -2.19. The molecule has 0 saturated heterocycles. The molecule has 0 fully saturated rings. The molecule has 2 aromatic carbocycles. The Kier molecular flexibility index (Phi) is 5.56. The van der Waals surface area contributed by atoms with E-state index < -0.39 is 0 Å². The van der Waals surface area contributed by atoms with Crippen LogP contribution in [0.15, 0.2) is 42.5 Å². The second-order valence-corrected chi connectivity index (χ2v) is 6.07. The maximum atomic E-state index is 2.25. The van der Waals surface area contributed by atoms with Gasteiger partial charge in [-0.05, 0) is 47.1 Å². The molecule has 2 rings (SSSR count). The SMILES string of the molecule is CC.Cc1cccc(-c2ccc(C(C)(C)C)cc2)c1C. The summed E-state index contributed by atoms with van der Waals surface area (Å²) in [7, 11) is 0. The van der Waals surface area contributed by atoms with E-state index in [1.54, 1.807) is 0 Å². The van der Waals surface area contributed by atoms with Crippen LogP contribution in [-0.2, 0) is 5.41 Å². The van der Waals surface area contributed by atoms with Gasteiger partial charge in [-0.25, -0.2) is 0 Å². The zero-order valence-electron chi connectivity index (χ0n) is 14.0. The van der Waals surface area contributed by atoms with Crippen molar-refractivity contribution in [1.29, 1.82) is 0 Å².